The number of benzene rings is 1. The monoisotopic (exact) mass is 259 g/mol. The number of rotatable bonds is 5. The lowest BCUT2D eigenvalue weighted by Gasteiger charge is -2.24. The molecule has 0 saturated carbocycles. The van der Waals surface area contributed by atoms with Crippen molar-refractivity contribution >= 4 is 11.9 Å². The second-order valence-corrected chi connectivity index (χ2v) is 4.91. The Kier molecular flexibility index (Phi) is 4.20. The molecule has 1 aromatic carbocycles. The Bertz CT molecular complexity index is 470. The minimum atomic E-state index is -0.562. The van der Waals surface area contributed by atoms with E-state index in [0.717, 1.165) is 24.9 Å². The van der Waals surface area contributed by atoms with Gasteiger partial charge in [-0.05, 0) is 18.4 Å². The summed E-state index contributed by atoms with van der Waals surface area (Å²) >= 11 is 0. The molecule has 102 valence electrons. The first kappa shape index (κ1) is 13.6. The van der Waals surface area contributed by atoms with E-state index in [0.29, 0.717) is 12.4 Å². The average molecular weight is 259 g/mol. The Morgan fingerprint density at radius 3 is 2.58 bits per heavy atom. The van der Waals surface area contributed by atoms with Crippen LogP contribution in [0.3, 0.4) is 0 Å². The van der Waals surface area contributed by atoms with Crippen LogP contribution in [0.2, 0.25) is 0 Å². The molecule has 4 nitrogen and oxygen atoms in total. The number of guanidine groups is 1. The van der Waals surface area contributed by atoms with Gasteiger partial charge in [0.25, 0.3) is 5.91 Å². The van der Waals surface area contributed by atoms with Crippen molar-refractivity contribution in [3.8, 4) is 0 Å². The molecular formula is C15H21N3O. The molecule has 1 amide bonds. The van der Waals surface area contributed by atoms with Crippen molar-refractivity contribution < 1.29 is 4.79 Å². The molecule has 1 aliphatic rings. The third-order valence-corrected chi connectivity index (χ3v) is 3.47. The highest BCUT2D eigenvalue weighted by atomic mass is 16.2. The summed E-state index contributed by atoms with van der Waals surface area (Å²) in [6, 6.07) is 10.1. The van der Waals surface area contributed by atoms with Crippen molar-refractivity contribution in [2.45, 2.75) is 38.6 Å². The lowest BCUT2D eigenvalue weighted by Crippen LogP contribution is -2.48. The topological polar surface area (TPSA) is 53.5 Å². The largest absolute Gasteiger partial charge is 0.341 e. The normalized spacial score (nSPS) is 24.3. The summed E-state index contributed by atoms with van der Waals surface area (Å²) in [5.74, 6) is 0.637. The first-order valence-electron chi connectivity index (χ1n) is 6.88. The molecule has 1 aliphatic heterocycles. The van der Waals surface area contributed by atoms with Gasteiger partial charge in [0.15, 0.2) is 5.96 Å². The van der Waals surface area contributed by atoms with Crippen LogP contribution in [0, 0.1) is 0 Å². The Labute approximate surface area is 114 Å². The Morgan fingerprint density at radius 1 is 1.21 bits per heavy atom. The zero-order valence-electron chi connectivity index (χ0n) is 11.6. The number of carbonyl (C=O) groups is 1. The van der Waals surface area contributed by atoms with Gasteiger partial charge in [0.1, 0.15) is 5.54 Å². The summed E-state index contributed by atoms with van der Waals surface area (Å²) in [5, 5.41) is 6.13. The van der Waals surface area contributed by atoms with Gasteiger partial charge in [-0.1, -0.05) is 44.2 Å². The third kappa shape index (κ3) is 2.95. The van der Waals surface area contributed by atoms with Crippen LogP contribution in [0.5, 0.6) is 0 Å². The first-order valence-corrected chi connectivity index (χ1v) is 6.88. The maximum atomic E-state index is 12.3. The van der Waals surface area contributed by atoms with E-state index in [1.54, 1.807) is 0 Å². The molecule has 2 rings (SSSR count). The molecule has 0 spiro atoms. The number of amides is 1. The molecule has 1 atom stereocenters. The first-order chi connectivity index (χ1) is 9.20. The SMILES string of the molecule is CCCN=C1NC(=O)C(CC)(Cc2ccccc2)N1. The smallest absolute Gasteiger partial charge is 0.252 e. The molecule has 0 aliphatic carbocycles. The summed E-state index contributed by atoms with van der Waals surface area (Å²) in [4.78, 5) is 16.6. The van der Waals surface area contributed by atoms with Crippen molar-refractivity contribution in [3.63, 3.8) is 0 Å². The minimum absolute atomic E-state index is 0.0220. The summed E-state index contributed by atoms with van der Waals surface area (Å²) in [7, 11) is 0. The Balaban J connectivity index is 2.17. The predicted molar refractivity (Wildman–Crippen MR) is 77.0 cm³/mol. The van der Waals surface area contributed by atoms with Crippen molar-refractivity contribution in [2.24, 2.45) is 4.99 Å². The zero-order chi connectivity index (χ0) is 13.7. The average Bonchev–Trinajstić information content (AvgIpc) is 2.74. The molecular weight excluding hydrogens is 238 g/mol. The number of hydrogen-bond donors (Lipinski definition) is 2. The highest BCUT2D eigenvalue weighted by Gasteiger charge is 2.43. The van der Waals surface area contributed by atoms with Gasteiger partial charge in [-0.15, -0.1) is 0 Å². The van der Waals surface area contributed by atoms with Crippen molar-refractivity contribution in [1.29, 1.82) is 0 Å². The zero-order valence-corrected chi connectivity index (χ0v) is 11.6. The van der Waals surface area contributed by atoms with Gasteiger partial charge in [0.2, 0.25) is 0 Å². The minimum Gasteiger partial charge on any atom is -0.341 e. The molecule has 0 bridgehead atoms. The maximum Gasteiger partial charge on any atom is 0.252 e. The molecule has 2 N–H and O–H groups in total. The van der Waals surface area contributed by atoms with Crippen LogP contribution in [0.25, 0.3) is 0 Å². The fourth-order valence-corrected chi connectivity index (χ4v) is 2.29. The van der Waals surface area contributed by atoms with Crippen LogP contribution in [-0.4, -0.2) is 24.0 Å². The molecule has 1 saturated heterocycles. The molecule has 1 fully saturated rings. The molecule has 1 unspecified atom stereocenters. The van der Waals surface area contributed by atoms with Crippen LogP contribution < -0.4 is 10.6 Å². The third-order valence-electron chi connectivity index (χ3n) is 3.47. The summed E-state index contributed by atoms with van der Waals surface area (Å²) < 4.78 is 0. The number of carbonyl (C=O) groups excluding carboxylic acids is 1. The molecule has 19 heavy (non-hydrogen) atoms. The van der Waals surface area contributed by atoms with Crippen molar-refractivity contribution in [1.82, 2.24) is 10.6 Å². The van der Waals surface area contributed by atoms with Gasteiger partial charge in [-0.3, -0.25) is 15.1 Å². The summed E-state index contributed by atoms with van der Waals surface area (Å²) in [6.07, 6.45) is 2.39. The van der Waals surface area contributed by atoms with Crippen LogP contribution >= 0.6 is 0 Å². The second kappa shape index (κ2) is 5.87. The van der Waals surface area contributed by atoms with Gasteiger partial charge >= 0.3 is 0 Å². The number of nitrogens with one attached hydrogen (secondary N) is 2. The summed E-state index contributed by atoms with van der Waals surface area (Å²) in [6.45, 7) is 4.82. The molecule has 4 heteroatoms. The fourth-order valence-electron chi connectivity index (χ4n) is 2.29. The predicted octanol–water partition coefficient (Wildman–Crippen LogP) is 1.86. The van der Waals surface area contributed by atoms with E-state index in [9.17, 15) is 4.79 Å². The Hall–Kier alpha value is -1.84. The molecule has 0 aromatic heterocycles. The standard InChI is InChI=1S/C15H21N3O/c1-3-10-16-14-17-13(19)15(4-2,18-14)11-12-8-6-5-7-9-12/h5-9H,3-4,10-11H2,1-2H3,(H2,16,17,18,19). The van der Waals surface area contributed by atoms with Gasteiger partial charge < -0.3 is 5.32 Å². The Morgan fingerprint density at radius 2 is 1.95 bits per heavy atom. The molecule has 1 aromatic rings. The number of aliphatic imine (C=N–C) groups is 1. The van der Waals surface area contributed by atoms with E-state index < -0.39 is 5.54 Å². The van der Waals surface area contributed by atoms with E-state index in [2.05, 4.69) is 22.5 Å². The summed E-state index contributed by atoms with van der Waals surface area (Å²) in [5.41, 5.74) is 0.595. The van der Waals surface area contributed by atoms with Crippen LogP contribution in [0.1, 0.15) is 32.3 Å². The van der Waals surface area contributed by atoms with Gasteiger partial charge in [0.05, 0.1) is 0 Å². The van der Waals surface area contributed by atoms with Gasteiger partial charge in [-0.25, -0.2) is 0 Å². The van der Waals surface area contributed by atoms with E-state index in [-0.39, 0.29) is 5.91 Å². The highest BCUT2D eigenvalue weighted by molar-refractivity contribution is 6.09. The number of nitrogens with zero attached hydrogens (tertiary/aromatic N) is 1. The second-order valence-electron chi connectivity index (χ2n) is 4.91. The van der Waals surface area contributed by atoms with E-state index >= 15 is 0 Å². The van der Waals surface area contributed by atoms with Gasteiger partial charge in [-0.2, -0.15) is 0 Å². The van der Waals surface area contributed by atoms with Crippen LogP contribution in [-0.2, 0) is 11.2 Å². The fraction of sp³-hybridized carbons (Fsp3) is 0.467. The lowest BCUT2D eigenvalue weighted by molar-refractivity contribution is -0.124. The quantitative estimate of drug-likeness (QED) is 0.848. The maximum absolute atomic E-state index is 12.3. The van der Waals surface area contributed by atoms with Crippen molar-refractivity contribution in [2.75, 3.05) is 6.54 Å². The van der Waals surface area contributed by atoms with E-state index in [1.165, 1.54) is 0 Å². The van der Waals surface area contributed by atoms with Crippen LogP contribution in [0.15, 0.2) is 35.3 Å². The molecule has 0 radical (unpaired) electrons. The van der Waals surface area contributed by atoms with E-state index in [1.807, 2.05) is 37.3 Å². The highest BCUT2D eigenvalue weighted by Crippen LogP contribution is 2.21. The van der Waals surface area contributed by atoms with Crippen molar-refractivity contribution in [3.05, 3.63) is 35.9 Å². The number of hydrogen-bond acceptors (Lipinski definition) is 2. The molecule has 1 heterocycles. The van der Waals surface area contributed by atoms with Crippen LogP contribution in [0.4, 0.5) is 0 Å². The van der Waals surface area contributed by atoms with Gasteiger partial charge in [0, 0.05) is 13.0 Å². The lowest BCUT2D eigenvalue weighted by atomic mass is 9.88. The van der Waals surface area contributed by atoms with E-state index in [4.69, 9.17) is 0 Å².